The number of carbonyl (C=O) groups is 1. The van der Waals surface area contributed by atoms with Crippen molar-refractivity contribution in [2.45, 2.75) is 39.8 Å². The van der Waals surface area contributed by atoms with E-state index in [9.17, 15) is 13.6 Å². The first kappa shape index (κ1) is 20.5. The van der Waals surface area contributed by atoms with Crippen LogP contribution in [0.4, 0.5) is 8.78 Å². The second-order valence-electron chi connectivity index (χ2n) is 6.74. The largest absolute Gasteiger partial charge is 0.493 e. The van der Waals surface area contributed by atoms with Crippen LogP contribution in [0.15, 0.2) is 28.8 Å². The van der Waals surface area contributed by atoms with Gasteiger partial charge in [-0.25, -0.2) is 4.98 Å². The molecule has 2 heterocycles. The van der Waals surface area contributed by atoms with E-state index in [4.69, 9.17) is 9.26 Å². The van der Waals surface area contributed by atoms with Crippen LogP contribution in [0.25, 0.3) is 11.1 Å². The van der Waals surface area contributed by atoms with Crippen molar-refractivity contribution in [2.75, 3.05) is 7.11 Å². The van der Waals surface area contributed by atoms with Gasteiger partial charge in [0.15, 0.2) is 11.5 Å². The second kappa shape index (κ2) is 8.42. The van der Waals surface area contributed by atoms with Crippen LogP contribution >= 0.6 is 0 Å². The molecule has 29 heavy (non-hydrogen) atoms. The molecule has 0 atom stereocenters. The normalized spacial score (nSPS) is 11.3. The fourth-order valence-electron chi connectivity index (χ4n) is 2.89. The molecule has 2 aromatic heterocycles. The fourth-order valence-corrected chi connectivity index (χ4v) is 2.89. The molecule has 0 fully saturated rings. The minimum absolute atomic E-state index is 0.0898. The minimum Gasteiger partial charge on any atom is -0.493 e. The lowest BCUT2D eigenvalue weighted by molar-refractivity contribution is -0.0512. The van der Waals surface area contributed by atoms with Crippen molar-refractivity contribution in [2.24, 2.45) is 0 Å². The van der Waals surface area contributed by atoms with Gasteiger partial charge in [0.25, 0.3) is 11.6 Å². The maximum atomic E-state index is 12.9. The van der Waals surface area contributed by atoms with E-state index in [1.54, 1.807) is 19.1 Å². The number of aryl methyl sites for hydroxylation is 1. The molecule has 3 rings (SSSR count). The number of methoxy groups -OCH3 is 1. The zero-order valence-corrected chi connectivity index (χ0v) is 16.5. The Labute approximate surface area is 166 Å². The third-order valence-electron chi connectivity index (χ3n) is 4.37. The van der Waals surface area contributed by atoms with E-state index in [2.05, 4.69) is 20.2 Å². The van der Waals surface area contributed by atoms with Crippen molar-refractivity contribution in [1.82, 2.24) is 15.5 Å². The summed E-state index contributed by atoms with van der Waals surface area (Å²) in [6.07, 6.45) is 0. The fraction of sp³-hybridized carbons (Fsp3) is 0.350. The molecule has 3 aromatic rings. The number of alkyl halides is 2. The number of hydrogen-bond donors (Lipinski definition) is 1. The quantitative estimate of drug-likeness (QED) is 0.634. The van der Waals surface area contributed by atoms with Gasteiger partial charge in [-0.2, -0.15) is 8.78 Å². The number of amides is 1. The van der Waals surface area contributed by atoms with E-state index in [1.807, 2.05) is 13.8 Å². The lowest BCUT2D eigenvalue weighted by Gasteiger charge is -2.13. The summed E-state index contributed by atoms with van der Waals surface area (Å²) in [5, 5.41) is 7.23. The Morgan fingerprint density at radius 3 is 2.66 bits per heavy atom. The predicted molar refractivity (Wildman–Crippen MR) is 101 cm³/mol. The van der Waals surface area contributed by atoms with E-state index in [0.29, 0.717) is 33.6 Å². The number of hydrogen-bond acceptors (Lipinski definition) is 6. The smallest absolute Gasteiger partial charge is 0.387 e. The second-order valence-corrected chi connectivity index (χ2v) is 6.74. The lowest BCUT2D eigenvalue weighted by atomic mass is 10.0. The van der Waals surface area contributed by atoms with E-state index < -0.39 is 6.61 Å². The van der Waals surface area contributed by atoms with E-state index >= 15 is 0 Å². The van der Waals surface area contributed by atoms with Crippen LogP contribution in [0, 0.1) is 6.92 Å². The van der Waals surface area contributed by atoms with Gasteiger partial charge in [-0.3, -0.25) is 4.79 Å². The monoisotopic (exact) mass is 405 g/mol. The van der Waals surface area contributed by atoms with Crippen LogP contribution in [0.5, 0.6) is 11.5 Å². The summed E-state index contributed by atoms with van der Waals surface area (Å²) >= 11 is 0. The van der Waals surface area contributed by atoms with Gasteiger partial charge in [-0.05, 0) is 36.6 Å². The molecule has 154 valence electrons. The third-order valence-corrected chi connectivity index (χ3v) is 4.37. The van der Waals surface area contributed by atoms with E-state index in [1.165, 1.54) is 19.2 Å². The first-order valence-corrected chi connectivity index (χ1v) is 8.97. The number of halogens is 2. The van der Waals surface area contributed by atoms with Crippen LogP contribution in [0.2, 0.25) is 0 Å². The van der Waals surface area contributed by atoms with E-state index in [0.717, 1.165) is 0 Å². The average molecular weight is 405 g/mol. The molecule has 9 heteroatoms. The first-order chi connectivity index (χ1) is 13.8. The number of rotatable bonds is 7. The van der Waals surface area contributed by atoms with Crippen LogP contribution in [-0.2, 0) is 6.54 Å². The number of fused-ring (bicyclic) bond motifs is 1. The highest BCUT2D eigenvalue weighted by Crippen LogP contribution is 2.30. The van der Waals surface area contributed by atoms with Crippen molar-refractivity contribution < 1.29 is 27.6 Å². The summed E-state index contributed by atoms with van der Waals surface area (Å²) in [6, 6.07) is 6.28. The molecular weight excluding hydrogens is 384 g/mol. The summed E-state index contributed by atoms with van der Waals surface area (Å²) < 4.78 is 39.9. The molecule has 7 nitrogen and oxygen atoms in total. The molecule has 1 N–H and O–H groups in total. The Kier molecular flexibility index (Phi) is 5.95. The van der Waals surface area contributed by atoms with Crippen molar-refractivity contribution in [3.8, 4) is 11.5 Å². The molecule has 0 spiro atoms. The number of aromatic nitrogens is 2. The Bertz CT molecular complexity index is 1030. The minimum atomic E-state index is -2.98. The molecule has 0 aliphatic heterocycles. The molecule has 0 saturated heterocycles. The van der Waals surface area contributed by atoms with E-state index in [-0.39, 0.29) is 29.9 Å². The number of ether oxygens (including phenoxy) is 2. The molecule has 0 unspecified atom stereocenters. The number of pyridine rings is 1. The molecule has 1 amide bonds. The summed E-state index contributed by atoms with van der Waals surface area (Å²) in [4.78, 5) is 17.3. The highest BCUT2D eigenvalue weighted by atomic mass is 19.3. The zero-order valence-electron chi connectivity index (χ0n) is 16.5. The van der Waals surface area contributed by atoms with Crippen LogP contribution in [0.3, 0.4) is 0 Å². The van der Waals surface area contributed by atoms with Crippen molar-refractivity contribution in [1.29, 1.82) is 0 Å². The molecule has 0 radical (unpaired) electrons. The van der Waals surface area contributed by atoms with Crippen molar-refractivity contribution in [3.63, 3.8) is 0 Å². The molecule has 1 aromatic carbocycles. The standard InChI is InChI=1S/C20H21F2N3O4/c1-10(2)14-8-13(17-11(3)25-29-19(17)24-14)18(26)23-9-12-5-6-15(27-4)16(7-12)28-20(21)22/h5-8,10,20H,9H2,1-4H3,(H,23,26). The highest BCUT2D eigenvalue weighted by Gasteiger charge is 2.20. The Balaban J connectivity index is 1.85. The maximum absolute atomic E-state index is 12.9. The molecular formula is C20H21F2N3O4. The number of carbonyl (C=O) groups excluding carboxylic acids is 1. The Morgan fingerprint density at radius 2 is 2.00 bits per heavy atom. The van der Waals surface area contributed by atoms with Crippen molar-refractivity contribution >= 4 is 17.0 Å². The summed E-state index contributed by atoms with van der Waals surface area (Å²) in [5.41, 5.74) is 2.54. The van der Waals surface area contributed by atoms with Crippen LogP contribution in [0.1, 0.15) is 47.1 Å². The molecule has 0 saturated carbocycles. The Hall–Kier alpha value is -3.23. The molecule has 0 aliphatic rings. The van der Waals surface area contributed by atoms with Gasteiger partial charge in [0.1, 0.15) is 0 Å². The number of nitrogens with one attached hydrogen (secondary N) is 1. The highest BCUT2D eigenvalue weighted by molar-refractivity contribution is 6.06. The lowest BCUT2D eigenvalue weighted by Crippen LogP contribution is -2.23. The van der Waals surface area contributed by atoms with Gasteiger partial charge < -0.3 is 19.3 Å². The van der Waals surface area contributed by atoms with Crippen LogP contribution in [-0.4, -0.2) is 29.8 Å². The first-order valence-electron chi connectivity index (χ1n) is 8.97. The Morgan fingerprint density at radius 1 is 1.24 bits per heavy atom. The third kappa shape index (κ3) is 4.44. The average Bonchev–Trinajstić information content (AvgIpc) is 3.06. The number of benzene rings is 1. The predicted octanol–water partition coefficient (Wildman–Crippen LogP) is 4.19. The van der Waals surface area contributed by atoms with Gasteiger partial charge in [-0.15, -0.1) is 0 Å². The summed E-state index contributed by atoms with van der Waals surface area (Å²) in [6.45, 7) is 2.77. The van der Waals surface area contributed by atoms with Gasteiger partial charge in [-0.1, -0.05) is 25.1 Å². The number of nitrogens with zero attached hydrogens (tertiary/aromatic N) is 2. The SMILES string of the molecule is COc1ccc(CNC(=O)c2cc(C(C)C)nc3onc(C)c23)cc1OC(F)F. The summed E-state index contributed by atoms with van der Waals surface area (Å²) in [5.74, 6) is -0.180. The van der Waals surface area contributed by atoms with Gasteiger partial charge in [0.2, 0.25) is 0 Å². The zero-order chi connectivity index (χ0) is 21.1. The van der Waals surface area contributed by atoms with Gasteiger partial charge in [0.05, 0.1) is 23.8 Å². The molecule has 0 aliphatic carbocycles. The van der Waals surface area contributed by atoms with Crippen molar-refractivity contribution in [3.05, 3.63) is 46.8 Å². The van der Waals surface area contributed by atoms with Gasteiger partial charge >= 0.3 is 6.61 Å². The maximum Gasteiger partial charge on any atom is 0.387 e. The molecule has 0 bridgehead atoms. The van der Waals surface area contributed by atoms with Crippen LogP contribution < -0.4 is 14.8 Å². The topological polar surface area (TPSA) is 86.5 Å². The summed E-state index contributed by atoms with van der Waals surface area (Å²) in [7, 11) is 1.36. The van der Waals surface area contributed by atoms with Gasteiger partial charge in [0, 0.05) is 12.2 Å².